The molecule has 0 bridgehead atoms. The predicted octanol–water partition coefficient (Wildman–Crippen LogP) is 3.13. The summed E-state index contributed by atoms with van der Waals surface area (Å²) in [5.41, 5.74) is 2.82. The lowest BCUT2D eigenvalue weighted by molar-refractivity contribution is 0.147. The van der Waals surface area contributed by atoms with Crippen LogP contribution < -0.4 is 5.32 Å². The number of hydrogen-bond donors (Lipinski definition) is 1. The average Bonchev–Trinajstić information content (AvgIpc) is 2.91. The van der Waals surface area contributed by atoms with Gasteiger partial charge in [0.25, 0.3) is 0 Å². The van der Waals surface area contributed by atoms with E-state index in [1.165, 1.54) is 30.5 Å². The summed E-state index contributed by atoms with van der Waals surface area (Å²) in [6, 6.07) is 10.3. The van der Waals surface area contributed by atoms with Gasteiger partial charge in [0.1, 0.15) is 0 Å². The van der Waals surface area contributed by atoms with Crippen molar-refractivity contribution in [3.8, 4) is 0 Å². The molecule has 1 saturated heterocycles. The Kier molecular flexibility index (Phi) is 4.79. The molecule has 1 heterocycles. The third kappa shape index (κ3) is 2.93. The molecular weight excluding hydrogens is 220 g/mol. The average molecular weight is 246 g/mol. The van der Waals surface area contributed by atoms with Crippen molar-refractivity contribution in [2.45, 2.75) is 45.7 Å². The molecule has 2 nitrogen and oxygen atoms in total. The Morgan fingerprint density at radius 3 is 2.50 bits per heavy atom. The Balaban J connectivity index is 2.17. The second-order valence-corrected chi connectivity index (χ2v) is 5.31. The summed E-state index contributed by atoms with van der Waals surface area (Å²) in [5, 5.41) is 3.48. The number of nitrogens with one attached hydrogen (secondary N) is 1. The smallest absolute Gasteiger partial charge is 0.0348 e. The largest absolute Gasteiger partial charge is 0.315 e. The van der Waals surface area contributed by atoms with Gasteiger partial charge in [-0.2, -0.15) is 0 Å². The molecule has 2 unspecified atom stereocenters. The van der Waals surface area contributed by atoms with Crippen molar-refractivity contribution in [1.82, 2.24) is 10.2 Å². The third-order valence-corrected chi connectivity index (χ3v) is 4.12. The van der Waals surface area contributed by atoms with Crippen LogP contribution >= 0.6 is 0 Å². The molecular formula is C16H26N2. The van der Waals surface area contributed by atoms with Crippen LogP contribution in [0.15, 0.2) is 24.3 Å². The summed E-state index contributed by atoms with van der Waals surface area (Å²) in [7, 11) is 0. The lowest BCUT2D eigenvalue weighted by Gasteiger charge is -2.35. The predicted molar refractivity (Wildman–Crippen MR) is 77.9 cm³/mol. The fourth-order valence-corrected chi connectivity index (χ4v) is 3.11. The molecule has 18 heavy (non-hydrogen) atoms. The van der Waals surface area contributed by atoms with Crippen LogP contribution in [0.25, 0.3) is 0 Å². The maximum atomic E-state index is 3.48. The minimum absolute atomic E-state index is 0.570. The first-order chi connectivity index (χ1) is 8.76. The van der Waals surface area contributed by atoms with Crippen molar-refractivity contribution in [1.29, 1.82) is 0 Å². The van der Waals surface area contributed by atoms with E-state index in [9.17, 15) is 0 Å². The quantitative estimate of drug-likeness (QED) is 0.858. The lowest BCUT2D eigenvalue weighted by atomic mass is 9.99. The van der Waals surface area contributed by atoms with E-state index in [0.29, 0.717) is 12.1 Å². The zero-order chi connectivity index (χ0) is 13.0. The Hall–Kier alpha value is -0.860. The van der Waals surface area contributed by atoms with Crippen molar-refractivity contribution < 1.29 is 0 Å². The van der Waals surface area contributed by atoms with Gasteiger partial charge in [-0.1, -0.05) is 43.7 Å². The van der Waals surface area contributed by atoms with Gasteiger partial charge in [-0.3, -0.25) is 4.90 Å². The van der Waals surface area contributed by atoms with Crippen LogP contribution in [0.4, 0.5) is 0 Å². The first-order valence-electron chi connectivity index (χ1n) is 7.29. The normalized spacial score (nSPS) is 21.4. The molecule has 0 saturated carbocycles. The van der Waals surface area contributed by atoms with Gasteiger partial charge < -0.3 is 5.32 Å². The Labute approximate surface area is 111 Å². The summed E-state index contributed by atoms with van der Waals surface area (Å²) < 4.78 is 0. The number of rotatable bonds is 5. The highest BCUT2D eigenvalue weighted by Crippen LogP contribution is 2.28. The molecule has 0 aliphatic carbocycles. The van der Waals surface area contributed by atoms with Gasteiger partial charge >= 0.3 is 0 Å². The second-order valence-electron chi connectivity index (χ2n) is 5.31. The highest BCUT2D eigenvalue weighted by molar-refractivity contribution is 5.24. The Morgan fingerprint density at radius 1 is 1.28 bits per heavy atom. The van der Waals surface area contributed by atoms with Gasteiger partial charge in [-0.05, 0) is 38.4 Å². The minimum atomic E-state index is 0.570. The summed E-state index contributed by atoms with van der Waals surface area (Å²) in [6.45, 7) is 10.2. The summed E-state index contributed by atoms with van der Waals surface area (Å²) in [4.78, 5) is 2.67. The fraction of sp³-hybridized carbons (Fsp3) is 0.625. The third-order valence-electron chi connectivity index (χ3n) is 4.12. The molecule has 0 spiro atoms. The second kappa shape index (κ2) is 6.35. The van der Waals surface area contributed by atoms with Crippen molar-refractivity contribution in [3.05, 3.63) is 35.4 Å². The van der Waals surface area contributed by atoms with Gasteiger partial charge in [0, 0.05) is 18.6 Å². The molecule has 1 N–H and O–H groups in total. The van der Waals surface area contributed by atoms with Crippen molar-refractivity contribution in [2.75, 3.05) is 19.6 Å². The first-order valence-corrected chi connectivity index (χ1v) is 7.29. The van der Waals surface area contributed by atoms with Crippen LogP contribution in [0.3, 0.4) is 0 Å². The first kappa shape index (κ1) is 13.6. The molecule has 2 rings (SSSR count). The SMILES string of the molecule is CCC(c1ccc(C)cc1)N(CC)C1CCNC1. The van der Waals surface area contributed by atoms with Crippen LogP contribution in [0.5, 0.6) is 0 Å². The van der Waals surface area contributed by atoms with E-state index < -0.39 is 0 Å². The van der Waals surface area contributed by atoms with Gasteiger partial charge in [0.05, 0.1) is 0 Å². The zero-order valence-electron chi connectivity index (χ0n) is 11.9. The van der Waals surface area contributed by atoms with Gasteiger partial charge in [-0.25, -0.2) is 0 Å². The van der Waals surface area contributed by atoms with E-state index in [2.05, 4.69) is 55.3 Å². The Morgan fingerprint density at radius 2 is 2.00 bits per heavy atom. The summed E-state index contributed by atoms with van der Waals surface area (Å²) in [6.07, 6.45) is 2.48. The van der Waals surface area contributed by atoms with Gasteiger partial charge in [0.15, 0.2) is 0 Å². The van der Waals surface area contributed by atoms with Crippen LogP contribution in [-0.2, 0) is 0 Å². The maximum Gasteiger partial charge on any atom is 0.0348 e. The van der Waals surface area contributed by atoms with E-state index in [0.717, 1.165) is 13.1 Å². The molecule has 0 amide bonds. The lowest BCUT2D eigenvalue weighted by Crippen LogP contribution is -2.39. The molecule has 1 fully saturated rings. The monoisotopic (exact) mass is 246 g/mol. The minimum Gasteiger partial charge on any atom is -0.315 e. The molecule has 0 radical (unpaired) electrons. The van der Waals surface area contributed by atoms with Crippen LogP contribution in [0.1, 0.15) is 43.9 Å². The number of benzene rings is 1. The highest BCUT2D eigenvalue weighted by atomic mass is 15.2. The van der Waals surface area contributed by atoms with E-state index >= 15 is 0 Å². The molecule has 1 aliphatic heterocycles. The Bertz CT molecular complexity index is 352. The molecule has 1 aliphatic rings. The van der Waals surface area contributed by atoms with Crippen LogP contribution in [0.2, 0.25) is 0 Å². The molecule has 1 aromatic carbocycles. The summed E-state index contributed by atoms with van der Waals surface area (Å²) >= 11 is 0. The fourth-order valence-electron chi connectivity index (χ4n) is 3.11. The van der Waals surface area contributed by atoms with Crippen molar-refractivity contribution in [3.63, 3.8) is 0 Å². The zero-order valence-corrected chi connectivity index (χ0v) is 11.9. The van der Waals surface area contributed by atoms with Gasteiger partial charge in [0.2, 0.25) is 0 Å². The van der Waals surface area contributed by atoms with Crippen LogP contribution in [-0.4, -0.2) is 30.6 Å². The molecule has 0 aromatic heterocycles. The van der Waals surface area contributed by atoms with Crippen molar-refractivity contribution >= 4 is 0 Å². The molecule has 2 heteroatoms. The number of hydrogen-bond acceptors (Lipinski definition) is 2. The molecule has 100 valence electrons. The van der Waals surface area contributed by atoms with Crippen LogP contribution in [0, 0.1) is 6.92 Å². The van der Waals surface area contributed by atoms with E-state index in [1.807, 2.05) is 0 Å². The number of nitrogens with zero attached hydrogens (tertiary/aromatic N) is 1. The highest BCUT2D eigenvalue weighted by Gasteiger charge is 2.27. The van der Waals surface area contributed by atoms with E-state index in [4.69, 9.17) is 0 Å². The molecule has 2 atom stereocenters. The van der Waals surface area contributed by atoms with E-state index in [-0.39, 0.29) is 0 Å². The van der Waals surface area contributed by atoms with Crippen molar-refractivity contribution in [2.24, 2.45) is 0 Å². The molecule has 1 aromatic rings. The number of aryl methyl sites for hydroxylation is 1. The number of likely N-dealkylation sites (N-methyl/N-ethyl adjacent to an activating group) is 1. The van der Waals surface area contributed by atoms with E-state index in [1.54, 1.807) is 0 Å². The standard InChI is InChI=1S/C16H26N2/c1-4-16(14-8-6-13(3)7-9-14)18(5-2)15-10-11-17-12-15/h6-9,15-17H,4-5,10-12H2,1-3H3. The summed E-state index contributed by atoms with van der Waals surface area (Å²) in [5.74, 6) is 0. The maximum absolute atomic E-state index is 3.48. The van der Waals surface area contributed by atoms with Gasteiger partial charge in [-0.15, -0.1) is 0 Å². The topological polar surface area (TPSA) is 15.3 Å².